The Balaban J connectivity index is 1.76. The van der Waals surface area contributed by atoms with Crippen LogP contribution in [-0.2, 0) is 0 Å². The Bertz CT molecular complexity index is 1050. The molecule has 4 rings (SSSR count). The van der Waals surface area contributed by atoms with Gasteiger partial charge in [0.05, 0.1) is 5.41 Å². The van der Waals surface area contributed by atoms with Crippen LogP contribution in [0.2, 0.25) is 0 Å². The highest BCUT2D eigenvalue weighted by Crippen LogP contribution is 2.48. The van der Waals surface area contributed by atoms with Gasteiger partial charge in [0, 0.05) is 23.4 Å². The molecule has 0 fully saturated rings. The summed E-state index contributed by atoms with van der Waals surface area (Å²) in [6.45, 7) is 6.20. The van der Waals surface area contributed by atoms with Gasteiger partial charge in [0.15, 0.2) is 5.49 Å². The fourth-order valence-corrected chi connectivity index (χ4v) is 3.08. The van der Waals surface area contributed by atoms with Crippen molar-refractivity contribution in [2.24, 2.45) is 10.4 Å². The summed E-state index contributed by atoms with van der Waals surface area (Å²) in [6.07, 6.45) is 10.4. The summed E-state index contributed by atoms with van der Waals surface area (Å²) in [5.74, 6) is 6.59. The van der Waals surface area contributed by atoms with E-state index in [2.05, 4.69) is 83.4 Å². The molecule has 0 radical (unpaired) electrons. The van der Waals surface area contributed by atoms with Crippen molar-refractivity contribution in [3.63, 3.8) is 0 Å². The molecule has 2 aromatic rings. The third-order valence-electron chi connectivity index (χ3n) is 4.45. The first-order valence-corrected chi connectivity index (χ1v) is 8.85. The molecule has 1 N–H and O–H groups in total. The van der Waals surface area contributed by atoms with Crippen LogP contribution in [0.1, 0.15) is 30.5 Å². The van der Waals surface area contributed by atoms with Crippen molar-refractivity contribution in [1.29, 1.82) is 0 Å². The Morgan fingerprint density at radius 2 is 2.00 bits per heavy atom. The van der Waals surface area contributed by atoms with E-state index in [-0.39, 0.29) is 11.5 Å². The first-order valence-electron chi connectivity index (χ1n) is 8.85. The van der Waals surface area contributed by atoms with Crippen molar-refractivity contribution >= 4 is 11.1 Å². The lowest BCUT2D eigenvalue weighted by Crippen LogP contribution is -2.08. The number of hydrogen-bond donors (Lipinski definition) is 1. The fraction of sp³-hybridized carbons (Fsp3) is 0.208. The van der Waals surface area contributed by atoms with Crippen LogP contribution in [0, 0.1) is 36.3 Å². The van der Waals surface area contributed by atoms with Gasteiger partial charge < -0.3 is 4.98 Å². The molecule has 2 nitrogen and oxygen atoms in total. The Morgan fingerprint density at radius 3 is 2.65 bits per heavy atom. The Hall–Kier alpha value is -3.23. The number of nitrogens with one attached hydrogen (secondary N) is 1. The molecule has 1 aromatic heterocycles. The summed E-state index contributed by atoms with van der Waals surface area (Å²) < 4.78 is 0. The molecule has 0 saturated carbocycles. The van der Waals surface area contributed by atoms with Gasteiger partial charge in [-0.15, -0.1) is 0 Å². The number of hydrogen-bond acceptors (Lipinski definition) is 1. The molecular formula is C24H20N2. The van der Waals surface area contributed by atoms with E-state index in [1.807, 2.05) is 26.1 Å². The fourth-order valence-electron chi connectivity index (χ4n) is 3.08. The zero-order valence-corrected chi connectivity index (χ0v) is 15.2. The minimum absolute atomic E-state index is 0.221. The molecule has 2 aliphatic rings. The van der Waals surface area contributed by atoms with Gasteiger partial charge in [-0.1, -0.05) is 59.9 Å². The maximum absolute atomic E-state index is 4.45. The van der Waals surface area contributed by atoms with Gasteiger partial charge in [-0.3, -0.25) is 4.99 Å². The molecule has 0 saturated heterocycles. The minimum atomic E-state index is -0.230. The summed E-state index contributed by atoms with van der Waals surface area (Å²) in [6, 6.07) is 15.1. The van der Waals surface area contributed by atoms with Crippen LogP contribution < -0.4 is 5.49 Å². The van der Waals surface area contributed by atoms with Crippen molar-refractivity contribution in [2.75, 3.05) is 0 Å². The molecule has 1 heterocycles. The first-order chi connectivity index (χ1) is 12.6. The average Bonchev–Trinajstić information content (AvgIpc) is 3.41. The van der Waals surface area contributed by atoms with Crippen molar-refractivity contribution in [2.45, 2.75) is 26.8 Å². The molecular weight excluding hydrogens is 316 g/mol. The lowest BCUT2D eigenvalue weighted by Gasteiger charge is -2.15. The van der Waals surface area contributed by atoms with E-state index in [1.165, 1.54) is 16.7 Å². The van der Waals surface area contributed by atoms with Crippen molar-refractivity contribution in [3.8, 4) is 11.8 Å². The number of aromatic nitrogens is 1. The van der Waals surface area contributed by atoms with Gasteiger partial charge in [0.2, 0.25) is 0 Å². The SMILES string of the molecule is Cc1cccc(C2=CC(c3c#cc(=NC(C)C)[nH]c3)=CC#CC23C=C3)c1. The van der Waals surface area contributed by atoms with E-state index in [1.54, 1.807) is 0 Å². The summed E-state index contributed by atoms with van der Waals surface area (Å²) in [4.78, 5) is 7.65. The molecule has 0 atom stereocenters. The number of allylic oxidation sites excluding steroid dienone is 6. The highest BCUT2D eigenvalue weighted by molar-refractivity contribution is 5.93. The second-order valence-electron chi connectivity index (χ2n) is 7.02. The lowest BCUT2D eigenvalue weighted by molar-refractivity contribution is 0.791. The number of H-pyrrole nitrogens is 1. The number of benzene rings is 1. The maximum atomic E-state index is 4.45. The smallest absolute Gasteiger partial charge is 0.178 e. The molecule has 0 aliphatic heterocycles. The van der Waals surface area contributed by atoms with Crippen molar-refractivity contribution in [1.82, 2.24) is 4.98 Å². The van der Waals surface area contributed by atoms with Crippen LogP contribution in [0.4, 0.5) is 0 Å². The summed E-state index contributed by atoms with van der Waals surface area (Å²) in [5, 5.41) is 0. The Labute approximate surface area is 154 Å². The van der Waals surface area contributed by atoms with Crippen LogP contribution in [0.25, 0.3) is 11.1 Å². The standard InChI is InChI=1S/C24H20N2/c1-17(2)26-23-10-9-21(16-25-23)19-8-5-11-24(12-13-24)22(15-19)20-7-4-6-18(3)14-20/h4,6-8,12-17H,1-3H3,(H,25,26). The van der Waals surface area contributed by atoms with Gasteiger partial charge in [0.1, 0.15) is 0 Å². The van der Waals surface area contributed by atoms with Crippen molar-refractivity contribution in [3.05, 3.63) is 89.1 Å². The third kappa shape index (κ3) is 3.15. The monoisotopic (exact) mass is 336 g/mol. The number of aryl methyl sites for hydroxylation is 1. The minimum Gasteiger partial charge on any atom is -0.339 e. The van der Waals surface area contributed by atoms with Crippen LogP contribution >= 0.6 is 0 Å². The van der Waals surface area contributed by atoms with Gasteiger partial charge in [-0.25, -0.2) is 0 Å². The lowest BCUT2D eigenvalue weighted by atomic mass is 9.86. The quantitative estimate of drug-likeness (QED) is 0.640. The number of aromatic amines is 1. The van der Waals surface area contributed by atoms with Gasteiger partial charge in [-0.2, -0.15) is 0 Å². The molecule has 1 spiro atoms. The highest BCUT2D eigenvalue weighted by Gasteiger charge is 2.37. The zero-order chi connectivity index (χ0) is 18.1. The maximum Gasteiger partial charge on any atom is 0.178 e. The first kappa shape index (κ1) is 16.2. The number of rotatable bonds is 3. The predicted molar refractivity (Wildman–Crippen MR) is 106 cm³/mol. The second-order valence-corrected chi connectivity index (χ2v) is 7.02. The van der Waals surface area contributed by atoms with Gasteiger partial charge in [-0.05, 0) is 50.1 Å². The van der Waals surface area contributed by atoms with Crippen LogP contribution in [0.3, 0.4) is 0 Å². The van der Waals surface area contributed by atoms with Crippen molar-refractivity contribution < 1.29 is 0 Å². The normalized spacial score (nSPS) is 17.2. The summed E-state index contributed by atoms with van der Waals surface area (Å²) >= 11 is 0. The highest BCUT2D eigenvalue weighted by atomic mass is 14.8. The molecule has 0 bridgehead atoms. The number of nitrogens with zero attached hydrogens (tertiary/aromatic N) is 1. The van der Waals surface area contributed by atoms with E-state index in [0.717, 1.165) is 11.1 Å². The average molecular weight is 336 g/mol. The van der Waals surface area contributed by atoms with Gasteiger partial charge in [0.25, 0.3) is 0 Å². The molecule has 1 aromatic carbocycles. The summed E-state index contributed by atoms with van der Waals surface area (Å²) in [7, 11) is 0. The Morgan fingerprint density at radius 1 is 1.15 bits per heavy atom. The summed E-state index contributed by atoms with van der Waals surface area (Å²) in [5.41, 5.74) is 6.11. The topological polar surface area (TPSA) is 28.1 Å². The third-order valence-corrected chi connectivity index (χ3v) is 4.45. The molecule has 26 heavy (non-hydrogen) atoms. The molecule has 0 unspecified atom stereocenters. The zero-order valence-electron chi connectivity index (χ0n) is 15.2. The van der Waals surface area contributed by atoms with E-state index >= 15 is 0 Å². The van der Waals surface area contributed by atoms with E-state index in [4.69, 9.17) is 0 Å². The second kappa shape index (κ2) is 6.25. The van der Waals surface area contributed by atoms with E-state index in [9.17, 15) is 0 Å². The van der Waals surface area contributed by atoms with Gasteiger partial charge >= 0.3 is 0 Å². The molecule has 0 amide bonds. The van der Waals surface area contributed by atoms with Crippen LogP contribution in [-0.4, -0.2) is 11.0 Å². The van der Waals surface area contributed by atoms with Crippen LogP contribution in [0.5, 0.6) is 0 Å². The van der Waals surface area contributed by atoms with E-state index < -0.39 is 0 Å². The van der Waals surface area contributed by atoms with E-state index in [0.29, 0.717) is 5.49 Å². The molecule has 2 heteroatoms. The Kier molecular flexibility index (Phi) is 3.90. The predicted octanol–water partition coefficient (Wildman–Crippen LogP) is 4.27. The molecule has 126 valence electrons. The van der Waals surface area contributed by atoms with Crippen LogP contribution in [0.15, 0.2) is 59.8 Å². The largest absolute Gasteiger partial charge is 0.339 e. The molecule has 2 aliphatic carbocycles.